The number of nitrogens with one attached hydrogen (secondary N) is 1. The molecule has 1 unspecified atom stereocenters. The molecule has 1 aromatic rings. The average Bonchev–Trinajstić information content (AvgIpc) is 2.61. The zero-order chi connectivity index (χ0) is 11.5. The van der Waals surface area contributed by atoms with E-state index in [1.54, 1.807) is 17.0 Å². The minimum atomic E-state index is -4.08. The maximum absolute atomic E-state index is 11.9. The third kappa shape index (κ3) is 3.95. The molecule has 0 amide bonds. The first-order valence-corrected chi connectivity index (χ1v) is 4.82. The monoisotopic (exact) mass is 220 g/mol. The summed E-state index contributed by atoms with van der Waals surface area (Å²) in [6.07, 6.45) is -1.45. The fraction of sp³-hybridized carbons (Fsp3) is 0.600. The van der Waals surface area contributed by atoms with Gasteiger partial charge in [-0.3, -0.25) is 0 Å². The van der Waals surface area contributed by atoms with Gasteiger partial charge in [-0.1, -0.05) is 0 Å². The number of aryl methyl sites for hydroxylation is 1. The summed E-state index contributed by atoms with van der Waals surface area (Å²) in [7, 11) is 1.82. The van der Waals surface area contributed by atoms with Crippen LogP contribution >= 0.6 is 0 Å². The van der Waals surface area contributed by atoms with Crippen LogP contribution in [-0.2, 0) is 6.54 Å². The van der Waals surface area contributed by atoms with Gasteiger partial charge in [-0.2, -0.15) is 13.2 Å². The lowest BCUT2D eigenvalue weighted by Gasteiger charge is -2.08. The van der Waals surface area contributed by atoms with E-state index in [2.05, 4.69) is 5.32 Å². The molecule has 86 valence electrons. The van der Waals surface area contributed by atoms with Crippen molar-refractivity contribution in [3.8, 4) is 0 Å². The van der Waals surface area contributed by atoms with Crippen LogP contribution in [-0.4, -0.2) is 17.8 Å². The highest BCUT2D eigenvalue weighted by atomic mass is 19.4. The Bertz CT molecular complexity index is 304. The first-order valence-electron chi connectivity index (χ1n) is 4.82. The fourth-order valence-corrected chi connectivity index (χ4v) is 1.28. The van der Waals surface area contributed by atoms with E-state index in [0.29, 0.717) is 0 Å². The summed E-state index contributed by atoms with van der Waals surface area (Å²) < 4.78 is 37.4. The highest BCUT2D eigenvalue weighted by Crippen LogP contribution is 2.21. The lowest BCUT2D eigenvalue weighted by Crippen LogP contribution is -2.12. The predicted molar refractivity (Wildman–Crippen MR) is 52.6 cm³/mol. The minimum absolute atomic E-state index is 0.0140. The zero-order valence-electron chi connectivity index (χ0n) is 8.80. The van der Waals surface area contributed by atoms with Gasteiger partial charge < -0.3 is 9.88 Å². The molecule has 0 saturated heterocycles. The number of hydrogen-bond acceptors (Lipinski definition) is 1. The summed E-state index contributed by atoms with van der Waals surface area (Å²) in [6, 6.07) is 1.99. The van der Waals surface area contributed by atoms with E-state index in [4.69, 9.17) is 0 Å². The van der Waals surface area contributed by atoms with Crippen molar-refractivity contribution < 1.29 is 13.2 Å². The molecule has 2 nitrogen and oxygen atoms in total. The molecule has 1 heterocycles. The minimum Gasteiger partial charge on any atom is -0.354 e. The topological polar surface area (TPSA) is 17.0 Å². The Labute approximate surface area is 87.1 Å². The lowest BCUT2D eigenvalue weighted by molar-refractivity contribution is -0.136. The fourth-order valence-electron chi connectivity index (χ4n) is 1.28. The van der Waals surface area contributed by atoms with E-state index in [-0.39, 0.29) is 12.6 Å². The van der Waals surface area contributed by atoms with E-state index < -0.39 is 12.6 Å². The first kappa shape index (κ1) is 12.1. The lowest BCUT2D eigenvalue weighted by atomic mass is 10.2. The summed E-state index contributed by atoms with van der Waals surface area (Å²) in [4.78, 5) is 0. The van der Waals surface area contributed by atoms with Crippen molar-refractivity contribution in [2.45, 2.75) is 32.1 Å². The predicted octanol–water partition coefficient (Wildman–Crippen LogP) is 2.72. The number of halogens is 3. The van der Waals surface area contributed by atoms with Crippen molar-refractivity contribution in [2.24, 2.45) is 0 Å². The Balaban J connectivity index is 2.53. The molecule has 1 aromatic heterocycles. The molecule has 0 fully saturated rings. The van der Waals surface area contributed by atoms with Crippen LogP contribution in [0.4, 0.5) is 13.2 Å². The quantitative estimate of drug-likeness (QED) is 0.825. The molecule has 1 atom stereocenters. The summed E-state index contributed by atoms with van der Waals surface area (Å²) in [5.41, 5.74) is 1.000. The van der Waals surface area contributed by atoms with Crippen molar-refractivity contribution in [1.29, 1.82) is 0 Å². The van der Waals surface area contributed by atoms with E-state index >= 15 is 0 Å². The molecule has 0 spiro atoms. The van der Waals surface area contributed by atoms with Crippen LogP contribution in [0.1, 0.15) is 24.9 Å². The molecule has 0 saturated carbocycles. The standard InChI is InChI=1S/C10H15F3N2/c1-8(14-2)9-3-5-15(7-9)6-4-10(11,12)13/h3,5,7-8,14H,4,6H2,1-2H3. The molecular formula is C10H15F3N2. The van der Waals surface area contributed by atoms with Gasteiger partial charge in [0.15, 0.2) is 0 Å². The van der Waals surface area contributed by atoms with Gasteiger partial charge >= 0.3 is 6.18 Å². The first-order chi connectivity index (χ1) is 6.92. The second-order valence-electron chi connectivity index (χ2n) is 3.56. The van der Waals surface area contributed by atoms with Gasteiger partial charge in [-0.15, -0.1) is 0 Å². The Morgan fingerprint density at radius 2 is 2.13 bits per heavy atom. The normalized spacial score (nSPS) is 14.2. The van der Waals surface area contributed by atoms with Crippen LogP contribution in [0.3, 0.4) is 0 Å². The van der Waals surface area contributed by atoms with Crippen LogP contribution in [0.2, 0.25) is 0 Å². The van der Waals surface area contributed by atoms with Crippen LogP contribution < -0.4 is 5.32 Å². The third-order valence-electron chi connectivity index (χ3n) is 2.36. The molecule has 0 radical (unpaired) electrons. The van der Waals surface area contributed by atoms with E-state index in [1.165, 1.54) is 0 Å². The highest BCUT2D eigenvalue weighted by molar-refractivity contribution is 5.14. The molecule has 0 aliphatic carbocycles. The zero-order valence-corrected chi connectivity index (χ0v) is 8.80. The van der Waals surface area contributed by atoms with Crippen molar-refractivity contribution in [3.05, 3.63) is 24.0 Å². The van der Waals surface area contributed by atoms with Gasteiger partial charge in [0.25, 0.3) is 0 Å². The summed E-state index contributed by atoms with van der Waals surface area (Å²) in [5.74, 6) is 0. The van der Waals surface area contributed by atoms with Crippen molar-refractivity contribution in [1.82, 2.24) is 9.88 Å². The molecule has 1 rings (SSSR count). The second-order valence-corrected chi connectivity index (χ2v) is 3.56. The van der Waals surface area contributed by atoms with Crippen molar-refractivity contribution in [3.63, 3.8) is 0 Å². The Morgan fingerprint density at radius 1 is 1.47 bits per heavy atom. The Kier molecular flexibility index (Phi) is 3.79. The van der Waals surface area contributed by atoms with Crippen LogP contribution in [0.15, 0.2) is 18.5 Å². The van der Waals surface area contributed by atoms with Gasteiger partial charge in [-0.25, -0.2) is 0 Å². The van der Waals surface area contributed by atoms with Gasteiger partial charge in [0.05, 0.1) is 6.42 Å². The molecule has 0 aliphatic heterocycles. The van der Waals surface area contributed by atoms with Crippen LogP contribution in [0.5, 0.6) is 0 Å². The SMILES string of the molecule is CNC(C)c1ccn(CCC(F)(F)F)c1. The molecule has 15 heavy (non-hydrogen) atoms. The highest BCUT2D eigenvalue weighted by Gasteiger charge is 2.26. The molecule has 0 aromatic carbocycles. The Morgan fingerprint density at radius 3 is 2.67 bits per heavy atom. The van der Waals surface area contributed by atoms with E-state index in [1.807, 2.05) is 20.0 Å². The number of rotatable bonds is 4. The van der Waals surface area contributed by atoms with Crippen LogP contribution in [0.25, 0.3) is 0 Å². The third-order valence-corrected chi connectivity index (χ3v) is 2.36. The van der Waals surface area contributed by atoms with Crippen LogP contribution in [0, 0.1) is 0 Å². The van der Waals surface area contributed by atoms with E-state index in [9.17, 15) is 13.2 Å². The second kappa shape index (κ2) is 4.70. The number of alkyl halides is 3. The number of aromatic nitrogens is 1. The molecule has 0 bridgehead atoms. The van der Waals surface area contributed by atoms with Gasteiger partial charge in [0.1, 0.15) is 0 Å². The average molecular weight is 220 g/mol. The maximum Gasteiger partial charge on any atom is 0.390 e. The number of nitrogens with zero attached hydrogens (tertiary/aromatic N) is 1. The van der Waals surface area contributed by atoms with Gasteiger partial charge in [0, 0.05) is 25.0 Å². The molecule has 5 heteroatoms. The van der Waals surface area contributed by atoms with E-state index in [0.717, 1.165) is 5.56 Å². The number of hydrogen-bond donors (Lipinski definition) is 1. The van der Waals surface area contributed by atoms with Gasteiger partial charge in [-0.05, 0) is 25.6 Å². The van der Waals surface area contributed by atoms with Crippen molar-refractivity contribution in [2.75, 3.05) is 7.05 Å². The summed E-state index contributed by atoms with van der Waals surface area (Å²) in [6.45, 7) is 1.95. The smallest absolute Gasteiger partial charge is 0.354 e. The molecular weight excluding hydrogens is 205 g/mol. The van der Waals surface area contributed by atoms with Gasteiger partial charge in [0.2, 0.25) is 0 Å². The molecule has 1 N–H and O–H groups in total. The Hall–Kier alpha value is -0.970. The summed E-state index contributed by atoms with van der Waals surface area (Å²) >= 11 is 0. The summed E-state index contributed by atoms with van der Waals surface area (Å²) in [5, 5.41) is 3.03. The maximum atomic E-state index is 11.9. The molecule has 0 aliphatic rings. The van der Waals surface area contributed by atoms with Crippen molar-refractivity contribution >= 4 is 0 Å². The largest absolute Gasteiger partial charge is 0.390 e.